The van der Waals surface area contributed by atoms with Crippen LogP contribution in [-0.2, 0) is 13.6 Å². The molecule has 0 spiro atoms. The van der Waals surface area contributed by atoms with Gasteiger partial charge in [0.2, 0.25) is 0 Å². The first-order chi connectivity index (χ1) is 8.70. The molecule has 3 nitrogen and oxygen atoms in total. The Morgan fingerprint density at radius 2 is 1.78 bits per heavy atom. The van der Waals surface area contributed by atoms with Crippen molar-refractivity contribution in [1.82, 2.24) is 0 Å². The highest BCUT2D eigenvalue weighted by Crippen LogP contribution is 2.48. The number of thioether (sulfide) groups is 1. The molecule has 1 aromatic rings. The van der Waals surface area contributed by atoms with Gasteiger partial charge in [-0.3, -0.25) is 4.57 Å². The molecule has 0 saturated heterocycles. The second-order valence-corrected chi connectivity index (χ2v) is 6.51. The van der Waals surface area contributed by atoms with E-state index >= 15 is 0 Å². The quantitative estimate of drug-likeness (QED) is 0.518. The number of hydrogen-bond acceptors (Lipinski definition) is 4. The van der Waals surface area contributed by atoms with E-state index in [2.05, 4.69) is 0 Å². The van der Waals surface area contributed by atoms with Gasteiger partial charge in [-0.25, -0.2) is 0 Å². The summed E-state index contributed by atoms with van der Waals surface area (Å²) in [5.41, 5.74) is 0. The zero-order valence-corrected chi connectivity index (χ0v) is 12.5. The average molecular weight is 286 g/mol. The maximum absolute atomic E-state index is 12.1. The molecule has 0 atom stereocenters. The SMILES string of the molecule is CCOP(=O)(C/C=C/Sc1ccccc1)OCC. The highest BCUT2D eigenvalue weighted by Gasteiger charge is 2.20. The van der Waals surface area contributed by atoms with Gasteiger partial charge in [0.15, 0.2) is 0 Å². The van der Waals surface area contributed by atoms with E-state index in [4.69, 9.17) is 9.05 Å². The molecular formula is C13H19O3PS. The fourth-order valence-electron chi connectivity index (χ4n) is 1.33. The van der Waals surface area contributed by atoms with Crippen LogP contribution in [-0.4, -0.2) is 19.4 Å². The van der Waals surface area contributed by atoms with Crippen LogP contribution in [0.1, 0.15) is 13.8 Å². The van der Waals surface area contributed by atoms with Crippen LogP contribution in [0.25, 0.3) is 0 Å². The molecule has 18 heavy (non-hydrogen) atoms. The van der Waals surface area contributed by atoms with Crippen LogP contribution in [0.4, 0.5) is 0 Å². The molecule has 1 aromatic carbocycles. The maximum atomic E-state index is 12.1. The van der Waals surface area contributed by atoms with Crippen molar-refractivity contribution in [3.8, 4) is 0 Å². The minimum absolute atomic E-state index is 0.314. The third-order valence-electron chi connectivity index (χ3n) is 2.02. The average Bonchev–Trinajstić information content (AvgIpc) is 2.37. The lowest BCUT2D eigenvalue weighted by Gasteiger charge is -2.14. The van der Waals surface area contributed by atoms with Gasteiger partial charge in [-0.1, -0.05) is 36.0 Å². The number of rotatable bonds is 8. The minimum atomic E-state index is -2.94. The van der Waals surface area contributed by atoms with Crippen molar-refractivity contribution < 1.29 is 13.6 Å². The summed E-state index contributed by atoms with van der Waals surface area (Å²) in [5, 5.41) is 1.92. The predicted octanol–water partition coefficient (Wildman–Crippen LogP) is 4.56. The van der Waals surface area contributed by atoms with E-state index in [1.165, 1.54) is 0 Å². The van der Waals surface area contributed by atoms with E-state index in [1.54, 1.807) is 11.8 Å². The van der Waals surface area contributed by atoms with Gasteiger partial charge in [-0.05, 0) is 31.4 Å². The van der Waals surface area contributed by atoms with Crippen molar-refractivity contribution in [2.75, 3.05) is 19.4 Å². The molecule has 0 saturated carbocycles. The molecule has 0 bridgehead atoms. The van der Waals surface area contributed by atoms with Crippen molar-refractivity contribution in [3.05, 3.63) is 41.8 Å². The summed E-state index contributed by atoms with van der Waals surface area (Å²) in [7, 11) is -2.94. The summed E-state index contributed by atoms with van der Waals surface area (Å²) in [5.74, 6) is 0. The third kappa shape index (κ3) is 5.87. The summed E-state index contributed by atoms with van der Waals surface area (Å²) in [6.45, 7) is 4.43. The van der Waals surface area contributed by atoms with Crippen molar-refractivity contribution in [3.63, 3.8) is 0 Å². The van der Waals surface area contributed by atoms with Crippen LogP contribution in [0, 0.1) is 0 Å². The van der Waals surface area contributed by atoms with E-state index in [1.807, 2.05) is 55.7 Å². The Balaban J connectivity index is 2.45. The normalized spacial score (nSPS) is 12.1. The fourth-order valence-corrected chi connectivity index (χ4v) is 3.58. The standard InChI is InChI=1S/C13H19O3PS/c1-3-15-17(14,16-4-2)11-8-12-18-13-9-6-5-7-10-13/h5-10,12H,3-4,11H2,1-2H3/b12-8+. The molecular weight excluding hydrogens is 267 g/mol. The zero-order chi connectivity index (χ0) is 13.3. The van der Waals surface area contributed by atoms with Crippen LogP contribution < -0.4 is 0 Å². The smallest absolute Gasteiger partial charge is 0.309 e. The van der Waals surface area contributed by atoms with E-state index in [-0.39, 0.29) is 0 Å². The molecule has 0 radical (unpaired) electrons. The van der Waals surface area contributed by atoms with Gasteiger partial charge in [0.1, 0.15) is 0 Å². The van der Waals surface area contributed by atoms with Gasteiger partial charge in [0.05, 0.1) is 19.4 Å². The second kappa shape index (κ2) is 8.54. The summed E-state index contributed by atoms with van der Waals surface area (Å²) in [6, 6.07) is 10.0. The van der Waals surface area contributed by atoms with E-state index in [0.29, 0.717) is 19.4 Å². The second-order valence-electron chi connectivity index (χ2n) is 3.43. The lowest BCUT2D eigenvalue weighted by Crippen LogP contribution is -1.98. The molecule has 0 N–H and O–H groups in total. The number of allylic oxidation sites excluding steroid dienone is 1. The van der Waals surface area contributed by atoms with Crippen LogP contribution >= 0.6 is 19.4 Å². The number of hydrogen-bond donors (Lipinski definition) is 0. The van der Waals surface area contributed by atoms with Gasteiger partial charge in [0.25, 0.3) is 0 Å². The van der Waals surface area contributed by atoms with Crippen LogP contribution in [0.3, 0.4) is 0 Å². The predicted molar refractivity (Wildman–Crippen MR) is 77.2 cm³/mol. The first kappa shape index (κ1) is 15.5. The van der Waals surface area contributed by atoms with Gasteiger partial charge >= 0.3 is 7.60 Å². The first-order valence-electron chi connectivity index (χ1n) is 5.95. The van der Waals surface area contributed by atoms with Gasteiger partial charge < -0.3 is 9.05 Å². The Labute approximate surface area is 113 Å². The Morgan fingerprint density at radius 1 is 1.17 bits per heavy atom. The molecule has 0 aliphatic rings. The molecule has 0 heterocycles. The molecule has 0 aliphatic heterocycles. The summed E-state index contributed by atoms with van der Waals surface area (Å²) in [4.78, 5) is 1.15. The van der Waals surface area contributed by atoms with Crippen molar-refractivity contribution in [2.45, 2.75) is 18.7 Å². The van der Waals surface area contributed by atoms with E-state index in [9.17, 15) is 4.57 Å². The summed E-state index contributed by atoms with van der Waals surface area (Å²) < 4.78 is 22.5. The van der Waals surface area contributed by atoms with Crippen LogP contribution in [0.2, 0.25) is 0 Å². The lowest BCUT2D eigenvalue weighted by atomic mass is 10.4. The summed E-state index contributed by atoms with van der Waals surface area (Å²) >= 11 is 1.58. The van der Waals surface area contributed by atoms with Gasteiger partial charge in [0, 0.05) is 4.90 Å². The van der Waals surface area contributed by atoms with Crippen molar-refractivity contribution in [2.24, 2.45) is 0 Å². The molecule has 0 unspecified atom stereocenters. The Kier molecular flexibility index (Phi) is 7.36. The molecule has 0 fully saturated rings. The Morgan fingerprint density at radius 3 is 2.33 bits per heavy atom. The minimum Gasteiger partial charge on any atom is -0.309 e. The van der Waals surface area contributed by atoms with Crippen molar-refractivity contribution in [1.29, 1.82) is 0 Å². The first-order valence-corrected chi connectivity index (χ1v) is 8.56. The van der Waals surface area contributed by atoms with E-state index < -0.39 is 7.60 Å². The number of benzene rings is 1. The lowest BCUT2D eigenvalue weighted by molar-refractivity contribution is 0.222. The third-order valence-corrected chi connectivity index (χ3v) is 4.86. The molecule has 0 aliphatic carbocycles. The highest BCUT2D eigenvalue weighted by atomic mass is 32.2. The molecule has 5 heteroatoms. The van der Waals surface area contributed by atoms with E-state index in [0.717, 1.165) is 4.90 Å². The molecule has 0 amide bonds. The highest BCUT2D eigenvalue weighted by molar-refractivity contribution is 8.02. The maximum Gasteiger partial charge on any atom is 0.334 e. The fraction of sp³-hybridized carbons (Fsp3) is 0.385. The van der Waals surface area contributed by atoms with Gasteiger partial charge in [-0.2, -0.15) is 0 Å². The largest absolute Gasteiger partial charge is 0.334 e. The Bertz CT molecular complexity index is 396. The topological polar surface area (TPSA) is 35.5 Å². The molecule has 100 valence electrons. The summed E-state index contributed by atoms with van der Waals surface area (Å²) in [6.07, 6.45) is 2.15. The molecule has 1 rings (SSSR count). The van der Waals surface area contributed by atoms with Gasteiger partial charge in [-0.15, -0.1) is 0 Å². The van der Waals surface area contributed by atoms with Crippen LogP contribution in [0.15, 0.2) is 46.7 Å². The van der Waals surface area contributed by atoms with Crippen LogP contribution in [0.5, 0.6) is 0 Å². The molecule has 0 aromatic heterocycles. The zero-order valence-electron chi connectivity index (χ0n) is 10.7. The Hall–Kier alpha value is -0.540. The van der Waals surface area contributed by atoms with Crippen molar-refractivity contribution >= 4 is 19.4 Å². The monoisotopic (exact) mass is 286 g/mol.